The Morgan fingerprint density at radius 3 is 2.35 bits per heavy atom. The van der Waals surface area contributed by atoms with E-state index in [1.807, 2.05) is 42.5 Å². The van der Waals surface area contributed by atoms with E-state index in [0.717, 1.165) is 48.8 Å². The average Bonchev–Trinajstić information content (AvgIpc) is 2.99. The lowest BCUT2D eigenvalue weighted by molar-refractivity contribution is 0.0779. The number of pyridine rings is 1. The molecule has 0 aliphatic heterocycles. The average molecular weight is 461 g/mol. The second kappa shape index (κ2) is 9.59. The summed E-state index contributed by atoms with van der Waals surface area (Å²) in [5.74, 6) is 4.76. The van der Waals surface area contributed by atoms with Crippen LogP contribution in [0.5, 0.6) is 11.6 Å². The van der Waals surface area contributed by atoms with E-state index in [9.17, 15) is 4.79 Å². The van der Waals surface area contributed by atoms with Gasteiger partial charge in [0.1, 0.15) is 11.9 Å². The molecule has 1 aromatic carbocycles. The van der Waals surface area contributed by atoms with Crippen LogP contribution in [0.3, 0.4) is 0 Å². The molecule has 3 bridgehead atoms. The Morgan fingerprint density at radius 1 is 0.824 bits per heavy atom. The Morgan fingerprint density at radius 2 is 1.59 bits per heavy atom. The maximum absolute atomic E-state index is 13.1. The number of aromatic nitrogens is 1. The molecule has 4 fully saturated rings. The van der Waals surface area contributed by atoms with E-state index in [1.54, 1.807) is 6.20 Å². The molecule has 1 N–H and O–H groups in total. The molecule has 5 atom stereocenters. The fraction of sp³-hybridized carbons (Fsp3) is 0.586. The maximum atomic E-state index is 13.1. The summed E-state index contributed by atoms with van der Waals surface area (Å²) >= 11 is 0. The number of fused-ring (bicyclic) bond motifs is 2. The number of amides is 1. The van der Waals surface area contributed by atoms with Gasteiger partial charge in [-0.3, -0.25) is 4.79 Å². The minimum absolute atomic E-state index is 0.0819. The highest BCUT2D eigenvalue weighted by Crippen LogP contribution is 2.53. The largest absolute Gasteiger partial charge is 0.490 e. The fourth-order valence-electron chi connectivity index (χ4n) is 7.31. The number of hydrogen-bond acceptors (Lipinski definition) is 4. The first-order chi connectivity index (χ1) is 16.7. The summed E-state index contributed by atoms with van der Waals surface area (Å²) in [4.78, 5) is 17.3. The lowest BCUT2D eigenvalue weighted by Gasteiger charge is -2.30. The summed E-state index contributed by atoms with van der Waals surface area (Å²) in [7, 11) is 0. The fourth-order valence-corrected chi connectivity index (χ4v) is 7.31. The quantitative estimate of drug-likeness (QED) is 0.592. The van der Waals surface area contributed by atoms with Crippen LogP contribution in [0.15, 0.2) is 48.7 Å². The van der Waals surface area contributed by atoms with Gasteiger partial charge in [0.15, 0.2) is 0 Å². The Hall–Kier alpha value is -2.56. The number of carbonyl (C=O) groups excluding carboxylic acids is 1. The zero-order valence-electron chi connectivity index (χ0n) is 19.9. The molecule has 0 radical (unpaired) electrons. The van der Waals surface area contributed by atoms with Gasteiger partial charge in [-0.25, -0.2) is 4.98 Å². The number of carbonyl (C=O) groups is 1. The van der Waals surface area contributed by atoms with Gasteiger partial charge in [0.25, 0.3) is 5.91 Å². The van der Waals surface area contributed by atoms with Crippen molar-refractivity contribution >= 4 is 5.91 Å². The molecule has 1 amide bonds. The molecule has 4 unspecified atom stereocenters. The third-order valence-electron chi connectivity index (χ3n) is 8.87. The predicted octanol–water partition coefficient (Wildman–Crippen LogP) is 5.80. The van der Waals surface area contributed by atoms with Crippen molar-refractivity contribution in [1.82, 2.24) is 10.3 Å². The highest BCUT2D eigenvalue weighted by Gasteiger charge is 2.49. The lowest BCUT2D eigenvalue weighted by atomic mass is 9.79. The van der Waals surface area contributed by atoms with Crippen molar-refractivity contribution in [2.45, 2.75) is 82.5 Å². The summed E-state index contributed by atoms with van der Waals surface area (Å²) in [6, 6.07) is 13.9. The number of rotatable bonds is 6. The van der Waals surface area contributed by atoms with E-state index in [1.165, 1.54) is 38.5 Å². The number of hydrogen-bond donors (Lipinski definition) is 1. The van der Waals surface area contributed by atoms with Crippen molar-refractivity contribution in [1.29, 1.82) is 0 Å². The van der Waals surface area contributed by atoms with Crippen molar-refractivity contribution in [2.75, 3.05) is 0 Å². The van der Waals surface area contributed by atoms with Gasteiger partial charge < -0.3 is 14.8 Å². The van der Waals surface area contributed by atoms with E-state index < -0.39 is 0 Å². The van der Waals surface area contributed by atoms with Crippen molar-refractivity contribution < 1.29 is 14.3 Å². The van der Waals surface area contributed by atoms with Crippen molar-refractivity contribution in [2.24, 2.45) is 23.7 Å². The predicted molar refractivity (Wildman–Crippen MR) is 131 cm³/mol. The number of benzene rings is 1. The third kappa shape index (κ3) is 4.67. The third-order valence-corrected chi connectivity index (χ3v) is 8.87. The normalized spacial score (nSPS) is 34.3. The minimum Gasteiger partial charge on any atom is -0.490 e. The minimum atomic E-state index is 0.0819. The summed E-state index contributed by atoms with van der Waals surface area (Å²) in [5, 5.41) is 3.45. The van der Waals surface area contributed by atoms with Gasteiger partial charge in [-0.15, -0.1) is 0 Å². The van der Waals surface area contributed by atoms with Crippen LogP contribution in [-0.4, -0.2) is 29.1 Å². The molecule has 180 valence electrons. The monoisotopic (exact) mass is 460 g/mol. The first-order valence-electron chi connectivity index (χ1n) is 13.4. The zero-order chi connectivity index (χ0) is 22.9. The zero-order valence-corrected chi connectivity index (χ0v) is 19.9. The summed E-state index contributed by atoms with van der Waals surface area (Å²) in [6.45, 7) is 0. The molecule has 5 heteroatoms. The summed E-state index contributed by atoms with van der Waals surface area (Å²) in [6.07, 6.45) is 14.1. The molecular weight excluding hydrogens is 424 g/mol. The van der Waals surface area contributed by atoms with Gasteiger partial charge in [-0.1, -0.05) is 18.9 Å². The van der Waals surface area contributed by atoms with Crippen molar-refractivity contribution in [3.05, 3.63) is 54.2 Å². The Balaban J connectivity index is 1.00. The summed E-state index contributed by atoms with van der Waals surface area (Å²) in [5.41, 5.74) is 0.744. The highest BCUT2D eigenvalue weighted by molar-refractivity contribution is 5.94. The van der Waals surface area contributed by atoms with Crippen LogP contribution >= 0.6 is 0 Å². The van der Waals surface area contributed by atoms with Crippen LogP contribution < -0.4 is 14.8 Å². The van der Waals surface area contributed by atoms with Gasteiger partial charge in [-0.2, -0.15) is 0 Å². The van der Waals surface area contributed by atoms with Crippen LogP contribution in [0.1, 0.15) is 74.6 Å². The molecule has 4 aliphatic rings. The van der Waals surface area contributed by atoms with E-state index in [2.05, 4.69) is 10.3 Å². The van der Waals surface area contributed by atoms with Crippen molar-refractivity contribution in [3.63, 3.8) is 0 Å². The van der Waals surface area contributed by atoms with Crippen LogP contribution in [0.4, 0.5) is 0 Å². The number of nitrogens with zero attached hydrogens (tertiary/aromatic N) is 1. The van der Waals surface area contributed by atoms with E-state index in [-0.39, 0.29) is 18.1 Å². The molecule has 6 rings (SSSR count). The Kier molecular flexibility index (Phi) is 6.19. The number of nitrogens with one attached hydrogen (secondary N) is 1. The van der Waals surface area contributed by atoms with Gasteiger partial charge in [-0.05, 0) is 105 Å². The topological polar surface area (TPSA) is 60.5 Å². The van der Waals surface area contributed by atoms with Gasteiger partial charge in [0, 0.05) is 23.9 Å². The Bertz CT molecular complexity index is 971. The van der Waals surface area contributed by atoms with Crippen LogP contribution in [0.2, 0.25) is 0 Å². The molecule has 34 heavy (non-hydrogen) atoms. The van der Waals surface area contributed by atoms with E-state index in [0.29, 0.717) is 23.8 Å². The van der Waals surface area contributed by atoms with Gasteiger partial charge >= 0.3 is 0 Å². The molecule has 4 saturated carbocycles. The molecule has 1 aromatic heterocycles. The van der Waals surface area contributed by atoms with Crippen LogP contribution in [0.25, 0.3) is 0 Å². The molecule has 0 saturated heterocycles. The molecule has 2 aromatic rings. The molecule has 0 spiro atoms. The molecule has 1 heterocycles. The summed E-state index contributed by atoms with van der Waals surface area (Å²) < 4.78 is 12.2. The van der Waals surface area contributed by atoms with E-state index >= 15 is 0 Å². The first-order valence-corrected chi connectivity index (χ1v) is 13.4. The standard InChI is InChI=1S/C29H36N2O3/c32-29(31-28-22-17-19-4-3-5-26(28)21(16-19)18-22)20-7-9-23(10-8-20)33-24-11-13-25(14-12-24)34-27-6-1-2-15-30-27/h1-2,6-10,15,19,21-22,24-26,28H,3-5,11-14,16-18H2,(H,31,32)/t19-,21?,22?,24?,25?,26?,28?/m0/s1. The Labute approximate surface area is 202 Å². The first kappa shape index (κ1) is 21.9. The van der Waals surface area contributed by atoms with Gasteiger partial charge in [0.05, 0.1) is 6.10 Å². The molecular formula is C29H36N2O3. The highest BCUT2D eigenvalue weighted by atomic mass is 16.5. The smallest absolute Gasteiger partial charge is 0.251 e. The van der Waals surface area contributed by atoms with Crippen LogP contribution in [-0.2, 0) is 0 Å². The lowest BCUT2D eigenvalue weighted by Crippen LogP contribution is -2.42. The van der Waals surface area contributed by atoms with E-state index in [4.69, 9.17) is 9.47 Å². The molecule has 5 nitrogen and oxygen atoms in total. The SMILES string of the molecule is O=C(NC1C2CC3C[C@H](CCCC31)C2)c1ccc(OC2CCC(Oc3ccccn3)CC2)cc1. The van der Waals surface area contributed by atoms with Gasteiger partial charge in [0.2, 0.25) is 5.88 Å². The second-order valence-corrected chi connectivity index (χ2v) is 11.0. The number of ether oxygens (including phenoxy) is 2. The second-order valence-electron chi connectivity index (χ2n) is 11.0. The van der Waals surface area contributed by atoms with Crippen molar-refractivity contribution in [3.8, 4) is 11.6 Å². The van der Waals surface area contributed by atoms with Crippen LogP contribution in [0, 0.1) is 23.7 Å². The maximum Gasteiger partial charge on any atom is 0.251 e. The molecule has 4 aliphatic carbocycles.